The van der Waals surface area contributed by atoms with E-state index in [9.17, 15) is 24.3 Å². The van der Waals surface area contributed by atoms with Crippen molar-refractivity contribution in [3.8, 4) is 0 Å². The number of aliphatic carboxylic acids is 1. The van der Waals surface area contributed by atoms with E-state index >= 15 is 0 Å². The third-order valence-corrected chi connectivity index (χ3v) is 5.25. The summed E-state index contributed by atoms with van der Waals surface area (Å²) >= 11 is 0. The quantitative estimate of drug-likeness (QED) is 0.0796. The topological polar surface area (TPSA) is 249 Å². The summed E-state index contributed by atoms with van der Waals surface area (Å²) in [6.07, 6.45) is 4.14. The molecule has 13 heteroatoms. The highest BCUT2D eigenvalue weighted by Crippen LogP contribution is 2.07. The van der Waals surface area contributed by atoms with E-state index in [0.717, 1.165) is 0 Å². The molecule has 0 heterocycles. The zero-order valence-corrected chi connectivity index (χ0v) is 19.8. The minimum absolute atomic E-state index is 0.207. The molecule has 0 spiro atoms. The standard InChI is InChI=1S/C21H43N7O6/c22-10-4-1-7-15(26-18(30)14(25)13-29)19(31)27-16(8-2-5-11-23)20(32)28-17(21(33)34)9-3-6-12-24/h14-17,29H,1-13,22-25H2,(H,26,30)(H,27,31)(H,28,32)(H,33,34). The molecule has 0 aromatic rings. The summed E-state index contributed by atoms with van der Waals surface area (Å²) in [4.78, 5) is 49.5. The van der Waals surface area contributed by atoms with E-state index in [1.165, 1.54) is 0 Å². The Bertz CT molecular complexity index is 622. The molecular weight excluding hydrogens is 446 g/mol. The smallest absolute Gasteiger partial charge is 0.326 e. The Labute approximate surface area is 200 Å². The van der Waals surface area contributed by atoms with Crippen LogP contribution in [0.4, 0.5) is 0 Å². The molecule has 13 N–H and O–H groups in total. The van der Waals surface area contributed by atoms with Crippen molar-refractivity contribution in [2.45, 2.75) is 82.0 Å². The largest absolute Gasteiger partial charge is 0.480 e. The van der Waals surface area contributed by atoms with Gasteiger partial charge in [-0.25, -0.2) is 4.79 Å². The molecule has 13 nitrogen and oxygen atoms in total. The second kappa shape index (κ2) is 19.0. The van der Waals surface area contributed by atoms with Gasteiger partial charge in [0.15, 0.2) is 0 Å². The van der Waals surface area contributed by atoms with Crippen molar-refractivity contribution in [2.24, 2.45) is 22.9 Å². The number of hydrogen-bond acceptors (Lipinski definition) is 9. The van der Waals surface area contributed by atoms with E-state index in [1.54, 1.807) is 0 Å². The highest BCUT2D eigenvalue weighted by molar-refractivity contribution is 5.94. The lowest BCUT2D eigenvalue weighted by atomic mass is 10.0. The van der Waals surface area contributed by atoms with Crippen molar-refractivity contribution >= 4 is 23.7 Å². The van der Waals surface area contributed by atoms with Gasteiger partial charge in [0.05, 0.1) is 6.61 Å². The van der Waals surface area contributed by atoms with E-state index in [1.807, 2.05) is 0 Å². The summed E-state index contributed by atoms with van der Waals surface area (Å²) in [7, 11) is 0. The molecule has 0 bridgehead atoms. The van der Waals surface area contributed by atoms with Gasteiger partial charge in [0.1, 0.15) is 24.2 Å². The van der Waals surface area contributed by atoms with Crippen molar-refractivity contribution in [2.75, 3.05) is 26.2 Å². The van der Waals surface area contributed by atoms with Crippen LogP contribution < -0.4 is 38.9 Å². The van der Waals surface area contributed by atoms with Crippen LogP contribution in [0.5, 0.6) is 0 Å². The average molecular weight is 490 g/mol. The average Bonchev–Trinajstić information content (AvgIpc) is 2.81. The number of nitrogens with one attached hydrogen (secondary N) is 3. The lowest BCUT2D eigenvalue weighted by molar-refractivity contribution is -0.142. The molecule has 0 aromatic heterocycles. The molecular formula is C21H43N7O6. The van der Waals surface area contributed by atoms with Crippen molar-refractivity contribution in [3.63, 3.8) is 0 Å². The maximum Gasteiger partial charge on any atom is 0.326 e. The predicted octanol–water partition coefficient (Wildman–Crippen LogP) is -2.77. The number of nitrogens with two attached hydrogens (primary N) is 4. The highest BCUT2D eigenvalue weighted by Gasteiger charge is 2.29. The van der Waals surface area contributed by atoms with Gasteiger partial charge < -0.3 is 49.1 Å². The Kier molecular flexibility index (Phi) is 17.7. The van der Waals surface area contributed by atoms with Crippen LogP contribution in [-0.2, 0) is 19.2 Å². The summed E-state index contributed by atoms with van der Waals surface area (Å²) in [5, 5.41) is 26.1. The third kappa shape index (κ3) is 13.4. The highest BCUT2D eigenvalue weighted by atomic mass is 16.4. The molecule has 4 atom stereocenters. The van der Waals surface area contributed by atoms with Crippen LogP contribution in [0.1, 0.15) is 57.8 Å². The maximum absolute atomic E-state index is 13.0. The molecule has 0 fully saturated rings. The van der Waals surface area contributed by atoms with Gasteiger partial charge in [-0.05, 0) is 77.4 Å². The van der Waals surface area contributed by atoms with Crippen LogP contribution in [0.2, 0.25) is 0 Å². The first-order valence-electron chi connectivity index (χ1n) is 11.8. The Hall–Kier alpha value is -2.32. The summed E-state index contributed by atoms with van der Waals surface area (Å²) in [5.41, 5.74) is 22.0. The van der Waals surface area contributed by atoms with Crippen molar-refractivity contribution in [1.82, 2.24) is 16.0 Å². The van der Waals surface area contributed by atoms with Crippen LogP contribution in [-0.4, -0.2) is 84.3 Å². The van der Waals surface area contributed by atoms with E-state index in [4.69, 9.17) is 28.0 Å². The fourth-order valence-corrected chi connectivity index (χ4v) is 3.18. The summed E-state index contributed by atoms with van der Waals surface area (Å²) in [5.74, 6) is -3.13. The molecule has 0 aliphatic carbocycles. The third-order valence-electron chi connectivity index (χ3n) is 5.25. The second-order valence-corrected chi connectivity index (χ2v) is 8.16. The number of carboxylic acids is 1. The Balaban J connectivity index is 5.41. The number of unbranched alkanes of at least 4 members (excludes halogenated alkanes) is 3. The first kappa shape index (κ1) is 31.7. The molecule has 34 heavy (non-hydrogen) atoms. The number of rotatable bonds is 20. The molecule has 3 amide bonds. The molecule has 0 saturated heterocycles. The van der Waals surface area contributed by atoms with E-state index in [2.05, 4.69) is 16.0 Å². The van der Waals surface area contributed by atoms with Crippen LogP contribution in [0.3, 0.4) is 0 Å². The number of hydrogen-bond donors (Lipinski definition) is 9. The summed E-state index contributed by atoms with van der Waals surface area (Å²) in [6.45, 7) is 0.627. The second-order valence-electron chi connectivity index (χ2n) is 8.16. The molecule has 0 aliphatic rings. The molecule has 0 aromatic carbocycles. The Morgan fingerprint density at radius 2 is 0.971 bits per heavy atom. The number of carbonyl (C=O) groups is 4. The van der Waals surface area contributed by atoms with Crippen molar-refractivity contribution in [1.29, 1.82) is 0 Å². The fourth-order valence-electron chi connectivity index (χ4n) is 3.18. The molecule has 4 unspecified atom stereocenters. The molecule has 0 aliphatic heterocycles. The van der Waals surface area contributed by atoms with Crippen LogP contribution in [0.15, 0.2) is 0 Å². The van der Waals surface area contributed by atoms with Crippen LogP contribution in [0, 0.1) is 0 Å². The fraction of sp³-hybridized carbons (Fsp3) is 0.810. The summed E-state index contributed by atoms with van der Waals surface area (Å²) in [6, 6.07) is -4.33. The van der Waals surface area contributed by atoms with Crippen molar-refractivity contribution in [3.05, 3.63) is 0 Å². The molecule has 0 rings (SSSR count). The minimum atomic E-state index is -1.20. The summed E-state index contributed by atoms with van der Waals surface area (Å²) < 4.78 is 0. The number of amides is 3. The minimum Gasteiger partial charge on any atom is -0.480 e. The molecule has 198 valence electrons. The van der Waals surface area contributed by atoms with E-state index < -0.39 is 54.5 Å². The number of carbonyl (C=O) groups excluding carboxylic acids is 3. The molecule has 0 radical (unpaired) electrons. The number of aliphatic hydroxyl groups is 1. The SMILES string of the molecule is NCCCCC(NC(=O)C(CCCCN)NC(=O)C(CCCCN)NC(=O)C(N)CO)C(=O)O. The Morgan fingerprint density at radius 3 is 1.32 bits per heavy atom. The first-order valence-corrected chi connectivity index (χ1v) is 11.8. The predicted molar refractivity (Wildman–Crippen MR) is 127 cm³/mol. The first-order chi connectivity index (χ1) is 16.2. The maximum atomic E-state index is 13.0. The number of carboxylic acid groups (broad SMARTS) is 1. The lowest BCUT2D eigenvalue weighted by Gasteiger charge is -2.25. The van der Waals surface area contributed by atoms with Gasteiger partial charge in [-0.3, -0.25) is 14.4 Å². The van der Waals surface area contributed by atoms with E-state index in [0.29, 0.717) is 58.2 Å². The lowest BCUT2D eigenvalue weighted by Crippen LogP contribution is -2.57. The number of aliphatic hydroxyl groups excluding tert-OH is 1. The van der Waals surface area contributed by atoms with Gasteiger partial charge in [0.25, 0.3) is 0 Å². The zero-order chi connectivity index (χ0) is 25.9. The Morgan fingerprint density at radius 1 is 0.618 bits per heavy atom. The van der Waals surface area contributed by atoms with E-state index in [-0.39, 0.29) is 19.3 Å². The van der Waals surface area contributed by atoms with Crippen LogP contribution >= 0.6 is 0 Å². The van der Waals surface area contributed by atoms with Gasteiger partial charge in [-0.1, -0.05) is 0 Å². The normalized spacial score (nSPS) is 14.5. The van der Waals surface area contributed by atoms with Gasteiger partial charge in [-0.15, -0.1) is 0 Å². The van der Waals surface area contributed by atoms with Crippen molar-refractivity contribution < 1.29 is 29.4 Å². The van der Waals surface area contributed by atoms with Gasteiger partial charge >= 0.3 is 5.97 Å². The van der Waals surface area contributed by atoms with Gasteiger partial charge in [0.2, 0.25) is 17.7 Å². The molecule has 0 saturated carbocycles. The van der Waals surface area contributed by atoms with Gasteiger partial charge in [0, 0.05) is 0 Å². The van der Waals surface area contributed by atoms with Crippen LogP contribution in [0.25, 0.3) is 0 Å². The van der Waals surface area contributed by atoms with Gasteiger partial charge in [-0.2, -0.15) is 0 Å². The monoisotopic (exact) mass is 489 g/mol. The zero-order valence-electron chi connectivity index (χ0n) is 19.8.